The topological polar surface area (TPSA) is 45.5 Å². The van der Waals surface area contributed by atoms with Crippen molar-refractivity contribution in [3.8, 4) is 0 Å². The Labute approximate surface area is 111 Å². The highest BCUT2D eigenvalue weighted by Gasteiger charge is 2.19. The molecule has 1 N–H and O–H groups in total. The number of nitrogens with one attached hydrogen (secondary N) is 1. The number of nitrogens with zero attached hydrogens (tertiary/aromatic N) is 4. The molecule has 1 aliphatic rings. The second-order valence-corrected chi connectivity index (χ2v) is 6.21. The molecule has 0 bridgehead atoms. The maximum Gasteiger partial charge on any atom is 0.212 e. The van der Waals surface area contributed by atoms with Crippen molar-refractivity contribution in [3.63, 3.8) is 0 Å². The van der Waals surface area contributed by atoms with Gasteiger partial charge in [-0.25, -0.2) is 9.50 Å². The number of piperazine rings is 1. The molecule has 0 spiro atoms. The van der Waals surface area contributed by atoms with Gasteiger partial charge in [-0.2, -0.15) is 5.10 Å². The largest absolute Gasteiger partial charge is 0.312 e. The number of rotatable bonds is 2. The van der Waals surface area contributed by atoms with Gasteiger partial charge < -0.3 is 5.32 Å². The molecular weight excluding hydrogens is 246 g/mol. The highest BCUT2D eigenvalue weighted by molar-refractivity contribution is 7.16. The summed E-state index contributed by atoms with van der Waals surface area (Å²) in [6.07, 6.45) is 0. The summed E-state index contributed by atoms with van der Waals surface area (Å²) in [7, 11) is 0. The Hall–Kier alpha value is -0.980. The van der Waals surface area contributed by atoms with E-state index in [-0.39, 0.29) is 0 Å². The monoisotopic (exact) mass is 265 g/mol. The number of hydrogen-bond acceptors (Lipinski definition) is 5. The summed E-state index contributed by atoms with van der Waals surface area (Å²) >= 11 is 1.66. The maximum atomic E-state index is 4.60. The van der Waals surface area contributed by atoms with Gasteiger partial charge in [0.05, 0.1) is 11.4 Å². The van der Waals surface area contributed by atoms with Gasteiger partial charge in [0.2, 0.25) is 4.96 Å². The minimum atomic E-state index is 0.569. The van der Waals surface area contributed by atoms with Gasteiger partial charge in [0, 0.05) is 32.2 Å². The van der Waals surface area contributed by atoms with Crippen LogP contribution >= 0.6 is 11.3 Å². The molecule has 0 aromatic carbocycles. The van der Waals surface area contributed by atoms with Crippen LogP contribution in [0.25, 0.3) is 4.96 Å². The smallest absolute Gasteiger partial charge is 0.212 e. The summed E-state index contributed by atoms with van der Waals surface area (Å²) in [6, 6.07) is 0.569. The Morgan fingerprint density at radius 2 is 2.28 bits per heavy atom. The molecule has 3 heterocycles. The van der Waals surface area contributed by atoms with E-state index in [2.05, 4.69) is 34.1 Å². The van der Waals surface area contributed by atoms with Crippen molar-refractivity contribution < 1.29 is 0 Å². The zero-order valence-corrected chi connectivity index (χ0v) is 11.9. The van der Waals surface area contributed by atoms with Crippen LogP contribution in [0.15, 0.2) is 0 Å². The first kappa shape index (κ1) is 12.1. The summed E-state index contributed by atoms with van der Waals surface area (Å²) in [5.41, 5.74) is 2.35. The molecule has 1 atom stereocenters. The normalized spacial score (nSPS) is 21.8. The molecule has 6 heteroatoms. The Bertz CT molecular complexity index is 558. The summed E-state index contributed by atoms with van der Waals surface area (Å²) < 4.78 is 2.02. The molecule has 2 aromatic rings. The molecular formula is C12H19N5S. The highest BCUT2D eigenvalue weighted by Crippen LogP contribution is 2.19. The first-order valence-corrected chi connectivity index (χ1v) is 7.22. The minimum absolute atomic E-state index is 0.569. The van der Waals surface area contributed by atoms with Crippen LogP contribution in [-0.4, -0.2) is 45.2 Å². The number of fused-ring (bicyclic) bond motifs is 1. The van der Waals surface area contributed by atoms with E-state index < -0.39 is 0 Å². The molecule has 0 amide bonds. The van der Waals surface area contributed by atoms with Crippen LogP contribution in [0.1, 0.15) is 23.3 Å². The molecule has 3 rings (SSSR count). The molecule has 2 aromatic heterocycles. The second-order valence-electron chi connectivity index (χ2n) is 5.05. The van der Waals surface area contributed by atoms with Gasteiger partial charge in [-0.1, -0.05) is 11.3 Å². The third-order valence-corrected chi connectivity index (χ3v) is 4.25. The SMILES string of the molecule is Cc1nn2c(CN3CCNC(C)C3)c(C)nc2s1. The molecule has 1 saturated heterocycles. The van der Waals surface area contributed by atoms with Crippen molar-refractivity contribution in [1.82, 2.24) is 24.8 Å². The summed E-state index contributed by atoms with van der Waals surface area (Å²) in [4.78, 5) is 8.09. The molecule has 5 nitrogen and oxygen atoms in total. The van der Waals surface area contributed by atoms with Crippen molar-refractivity contribution >= 4 is 16.3 Å². The van der Waals surface area contributed by atoms with E-state index in [1.54, 1.807) is 11.3 Å². The number of aryl methyl sites for hydroxylation is 2. The van der Waals surface area contributed by atoms with Gasteiger partial charge in [0.25, 0.3) is 0 Å². The van der Waals surface area contributed by atoms with Crippen LogP contribution in [0.3, 0.4) is 0 Å². The van der Waals surface area contributed by atoms with E-state index in [0.29, 0.717) is 6.04 Å². The minimum Gasteiger partial charge on any atom is -0.312 e. The fourth-order valence-electron chi connectivity index (χ4n) is 2.54. The fourth-order valence-corrected chi connectivity index (χ4v) is 3.34. The van der Waals surface area contributed by atoms with E-state index in [1.165, 1.54) is 5.69 Å². The lowest BCUT2D eigenvalue weighted by atomic mass is 10.2. The zero-order chi connectivity index (χ0) is 12.7. The molecule has 0 saturated carbocycles. The van der Waals surface area contributed by atoms with Gasteiger partial charge in [-0.05, 0) is 20.8 Å². The van der Waals surface area contributed by atoms with Crippen LogP contribution in [-0.2, 0) is 6.54 Å². The highest BCUT2D eigenvalue weighted by atomic mass is 32.1. The fraction of sp³-hybridized carbons (Fsp3) is 0.667. The Kier molecular flexibility index (Phi) is 3.09. The first-order chi connectivity index (χ1) is 8.63. The zero-order valence-electron chi connectivity index (χ0n) is 11.1. The second kappa shape index (κ2) is 4.60. The van der Waals surface area contributed by atoms with Crippen molar-refractivity contribution in [2.45, 2.75) is 33.4 Å². The van der Waals surface area contributed by atoms with Crippen molar-refractivity contribution in [2.24, 2.45) is 0 Å². The summed E-state index contributed by atoms with van der Waals surface area (Å²) in [5, 5.41) is 9.09. The average molecular weight is 265 g/mol. The lowest BCUT2D eigenvalue weighted by Gasteiger charge is -2.31. The first-order valence-electron chi connectivity index (χ1n) is 6.41. The average Bonchev–Trinajstić information content (AvgIpc) is 2.78. The van der Waals surface area contributed by atoms with Crippen molar-refractivity contribution in [2.75, 3.05) is 19.6 Å². The predicted octanol–water partition coefficient (Wildman–Crippen LogP) is 1.20. The molecule has 0 aliphatic carbocycles. The summed E-state index contributed by atoms with van der Waals surface area (Å²) in [5.74, 6) is 0. The Morgan fingerprint density at radius 3 is 3.06 bits per heavy atom. The molecule has 1 aliphatic heterocycles. The van der Waals surface area contributed by atoms with Crippen LogP contribution in [0, 0.1) is 13.8 Å². The van der Waals surface area contributed by atoms with Crippen LogP contribution in [0.5, 0.6) is 0 Å². The standard InChI is InChI=1S/C12H19N5S/c1-8-6-16(5-4-13-8)7-11-9(2)14-12-17(11)15-10(3)18-12/h8,13H,4-7H2,1-3H3. The van der Waals surface area contributed by atoms with Gasteiger partial charge in [0.15, 0.2) is 0 Å². The van der Waals surface area contributed by atoms with E-state index in [4.69, 9.17) is 0 Å². The van der Waals surface area contributed by atoms with Crippen LogP contribution < -0.4 is 5.32 Å². The van der Waals surface area contributed by atoms with E-state index >= 15 is 0 Å². The lowest BCUT2D eigenvalue weighted by molar-refractivity contribution is 0.196. The van der Waals surface area contributed by atoms with Gasteiger partial charge in [0.1, 0.15) is 5.01 Å². The quantitative estimate of drug-likeness (QED) is 0.886. The molecule has 0 radical (unpaired) electrons. The third kappa shape index (κ3) is 2.15. The molecule has 1 fully saturated rings. The number of imidazole rings is 1. The van der Waals surface area contributed by atoms with Crippen LogP contribution in [0.2, 0.25) is 0 Å². The third-order valence-electron chi connectivity index (χ3n) is 3.42. The van der Waals surface area contributed by atoms with Crippen LogP contribution in [0.4, 0.5) is 0 Å². The van der Waals surface area contributed by atoms with Crippen molar-refractivity contribution in [1.29, 1.82) is 0 Å². The summed E-state index contributed by atoms with van der Waals surface area (Å²) in [6.45, 7) is 10.6. The maximum absolute atomic E-state index is 4.60. The predicted molar refractivity (Wildman–Crippen MR) is 73.1 cm³/mol. The molecule has 18 heavy (non-hydrogen) atoms. The lowest BCUT2D eigenvalue weighted by Crippen LogP contribution is -2.48. The van der Waals surface area contributed by atoms with E-state index in [9.17, 15) is 0 Å². The van der Waals surface area contributed by atoms with E-state index in [1.807, 2.05) is 11.4 Å². The molecule has 1 unspecified atom stereocenters. The van der Waals surface area contributed by atoms with E-state index in [0.717, 1.165) is 41.8 Å². The van der Waals surface area contributed by atoms with Crippen molar-refractivity contribution in [3.05, 3.63) is 16.4 Å². The Balaban J connectivity index is 1.86. The van der Waals surface area contributed by atoms with Gasteiger partial charge >= 0.3 is 0 Å². The Morgan fingerprint density at radius 1 is 1.44 bits per heavy atom. The number of aromatic nitrogens is 3. The number of hydrogen-bond donors (Lipinski definition) is 1. The van der Waals surface area contributed by atoms with Gasteiger partial charge in [-0.15, -0.1) is 0 Å². The molecule has 98 valence electrons. The van der Waals surface area contributed by atoms with Gasteiger partial charge in [-0.3, -0.25) is 4.90 Å².